The first kappa shape index (κ1) is 13.6. The molecular weight excluding hydrogens is 174 g/mol. The molecule has 2 nitrogen and oxygen atoms in total. The summed E-state index contributed by atoms with van der Waals surface area (Å²) in [6.45, 7) is 7.01. The van der Waals surface area contributed by atoms with Crippen LogP contribution in [0.5, 0.6) is 0 Å². The van der Waals surface area contributed by atoms with Crippen molar-refractivity contribution < 1.29 is 4.79 Å². The van der Waals surface area contributed by atoms with Crippen LogP contribution in [-0.4, -0.2) is 12.3 Å². The molecule has 0 heterocycles. The van der Waals surface area contributed by atoms with Gasteiger partial charge >= 0.3 is 0 Å². The number of nitrogens with two attached hydrogens (primary N) is 1. The summed E-state index contributed by atoms with van der Waals surface area (Å²) < 4.78 is 0. The minimum Gasteiger partial charge on any atom is -0.330 e. The van der Waals surface area contributed by atoms with E-state index in [0.717, 1.165) is 38.6 Å². The van der Waals surface area contributed by atoms with Gasteiger partial charge in [-0.25, -0.2) is 0 Å². The van der Waals surface area contributed by atoms with E-state index in [-0.39, 0.29) is 5.92 Å². The van der Waals surface area contributed by atoms with Gasteiger partial charge in [0, 0.05) is 12.3 Å². The molecular formula is C12H25NO. The average Bonchev–Trinajstić information content (AvgIpc) is 2.22. The number of hydrogen-bond acceptors (Lipinski definition) is 2. The van der Waals surface area contributed by atoms with E-state index in [1.54, 1.807) is 0 Å². The van der Waals surface area contributed by atoms with Gasteiger partial charge in [-0.15, -0.1) is 0 Å². The number of Topliss-reactive ketones (excluding diaryl/α,β-unsaturated/α-hetero) is 1. The zero-order valence-electron chi connectivity index (χ0n) is 9.88. The molecule has 0 bridgehead atoms. The number of carbonyl (C=O) groups excluding carboxylic acids is 1. The Morgan fingerprint density at radius 1 is 1.21 bits per heavy atom. The Morgan fingerprint density at radius 2 is 1.86 bits per heavy atom. The van der Waals surface area contributed by atoms with E-state index in [0.29, 0.717) is 11.7 Å². The molecule has 0 fully saturated rings. The van der Waals surface area contributed by atoms with E-state index in [9.17, 15) is 4.79 Å². The van der Waals surface area contributed by atoms with Crippen LogP contribution in [0, 0.1) is 11.8 Å². The molecule has 2 unspecified atom stereocenters. The summed E-state index contributed by atoms with van der Waals surface area (Å²) in [5.41, 5.74) is 5.51. The summed E-state index contributed by atoms with van der Waals surface area (Å²) in [6.07, 6.45) is 4.94. The van der Waals surface area contributed by atoms with Gasteiger partial charge < -0.3 is 5.73 Å². The molecule has 0 aliphatic heterocycles. The molecule has 2 N–H and O–H groups in total. The van der Waals surface area contributed by atoms with E-state index in [4.69, 9.17) is 5.73 Å². The second kappa shape index (κ2) is 7.98. The molecule has 0 amide bonds. The molecule has 0 aromatic rings. The van der Waals surface area contributed by atoms with Crippen LogP contribution >= 0.6 is 0 Å². The maximum atomic E-state index is 11.6. The highest BCUT2D eigenvalue weighted by Gasteiger charge is 2.13. The number of hydrogen-bond donors (Lipinski definition) is 1. The van der Waals surface area contributed by atoms with E-state index >= 15 is 0 Å². The molecule has 2 heteroatoms. The molecule has 0 saturated carbocycles. The number of rotatable bonds is 8. The fourth-order valence-electron chi connectivity index (χ4n) is 1.61. The first-order valence-electron chi connectivity index (χ1n) is 5.88. The molecule has 0 aromatic heterocycles. The minimum atomic E-state index is 0.241. The number of carbonyl (C=O) groups is 1. The molecule has 0 spiro atoms. The number of ketones is 1. The van der Waals surface area contributed by atoms with Crippen LogP contribution in [0.25, 0.3) is 0 Å². The monoisotopic (exact) mass is 199 g/mol. The van der Waals surface area contributed by atoms with E-state index in [1.165, 1.54) is 0 Å². The van der Waals surface area contributed by atoms with Crippen molar-refractivity contribution in [3.05, 3.63) is 0 Å². The molecule has 0 saturated heterocycles. The van der Waals surface area contributed by atoms with Gasteiger partial charge in [-0.3, -0.25) is 4.79 Å². The Kier molecular flexibility index (Phi) is 7.77. The second-order valence-corrected chi connectivity index (χ2v) is 4.17. The largest absolute Gasteiger partial charge is 0.330 e. The van der Waals surface area contributed by atoms with Crippen molar-refractivity contribution >= 4 is 5.78 Å². The van der Waals surface area contributed by atoms with Gasteiger partial charge in [0.05, 0.1) is 0 Å². The molecule has 2 atom stereocenters. The topological polar surface area (TPSA) is 43.1 Å². The first-order chi connectivity index (χ1) is 6.65. The van der Waals surface area contributed by atoms with Crippen molar-refractivity contribution in [3.63, 3.8) is 0 Å². The zero-order valence-corrected chi connectivity index (χ0v) is 9.88. The molecule has 0 aromatic carbocycles. The predicted molar refractivity (Wildman–Crippen MR) is 61.1 cm³/mol. The van der Waals surface area contributed by atoms with E-state index < -0.39 is 0 Å². The van der Waals surface area contributed by atoms with E-state index in [1.807, 2.05) is 6.92 Å². The van der Waals surface area contributed by atoms with E-state index in [2.05, 4.69) is 13.8 Å². The predicted octanol–water partition coefficient (Wildman–Crippen LogP) is 2.76. The SMILES string of the molecule is CCC(CCN)CCC(=O)C(C)CC. The van der Waals surface area contributed by atoms with Crippen LogP contribution in [0.4, 0.5) is 0 Å². The highest BCUT2D eigenvalue weighted by Crippen LogP contribution is 2.17. The van der Waals surface area contributed by atoms with Gasteiger partial charge in [0.15, 0.2) is 0 Å². The lowest BCUT2D eigenvalue weighted by Gasteiger charge is -2.14. The van der Waals surface area contributed by atoms with Gasteiger partial charge in [0.2, 0.25) is 0 Å². The minimum absolute atomic E-state index is 0.241. The van der Waals surface area contributed by atoms with Crippen molar-refractivity contribution in [2.24, 2.45) is 17.6 Å². The van der Waals surface area contributed by atoms with Crippen LogP contribution in [-0.2, 0) is 4.79 Å². The molecule has 14 heavy (non-hydrogen) atoms. The van der Waals surface area contributed by atoms with Crippen molar-refractivity contribution in [2.45, 2.75) is 52.9 Å². The maximum Gasteiger partial charge on any atom is 0.135 e. The third kappa shape index (κ3) is 5.38. The van der Waals surface area contributed by atoms with Gasteiger partial charge in [-0.1, -0.05) is 27.2 Å². The zero-order chi connectivity index (χ0) is 11.0. The van der Waals surface area contributed by atoms with Gasteiger partial charge in [0.25, 0.3) is 0 Å². The first-order valence-corrected chi connectivity index (χ1v) is 5.88. The average molecular weight is 199 g/mol. The Balaban J connectivity index is 3.73. The third-order valence-electron chi connectivity index (χ3n) is 3.11. The van der Waals surface area contributed by atoms with Crippen LogP contribution < -0.4 is 5.73 Å². The summed E-state index contributed by atoms with van der Waals surface area (Å²) in [5, 5.41) is 0. The summed E-state index contributed by atoms with van der Waals surface area (Å²) in [4.78, 5) is 11.6. The van der Waals surface area contributed by atoms with Gasteiger partial charge in [0.1, 0.15) is 5.78 Å². The van der Waals surface area contributed by atoms with Crippen molar-refractivity contribution in [1.29, 1.82) is 0 Å². The van der Waals surface area contributed by atoms with Crippen molar-refractivity contribution in [2.75, 3.05) is 6.54 Å². The van der Waals surface area contributed by atoms with Gasteiger partial charge in [-0.2, -0.15) is 0 Å². The quantitative estimate of drug-likeness (QED) is 0.653. The van der Waals surface area contributed by atoms with Crippen LogP contribution in [0.2, 0.25) is 0 Å². The second-order valence-electron chi connectivity index (χ2n) is 4.17. The molecule has 0 aliphatic rings. The van der Waals surface area contributed by atoms with Crippen LogP contribution in [0.1, 0.15) is 52.9 Å². The lowest BCUT2D eigenvalue weighted by Crippen LogP contribution is -2.13. The Labute approximate surface area is 88.3 Å². The fourth-order valence-corrected chi connectivity index (χ4v) is 1.61. The summed E-state index contributed by atoms with van der Waals surface area (Å²) in [6, 6.07) is 0. The molecule has 0 rings (SSSR count). The summed E-state index contributed by atoms with van der Waals surface area (Å²) in [5.74, 6) is 1.31. The standard InChI is InChI=1S/C12H25NO/c1-4-10(3)12(14)7-6-11(5-2)8-9-13/h10-11H,4-9,13H2,1-3H3. The highest BCUT2D eigenvalue weighted by atomic mass is 16.1. The normalized spacial score (nSPS) is 15.1. The van der Waals surface area contributed by atoms with Gasteiger partial charge in [-0.05, 0) is 31.7 Å². The Hall–Kier alpha value is -0.370. The Morgan fingerprint density at radius 3 is 2.29 bits per heavy atom. The highest BCUT2D eigenvalue weighted by molar-refractivity contribution is 5.80. The smallest absolute Gasteiger partial charge is 0.135 e. The fraction of sp³-hybridized carbons (Fsp3) is 0.917. The lowest BCUT2D eigenvalue weighted by molar-refractivity contribution is -0.122. The summed E-state index contributed by atoms with van der Waals surface area (Å²) in [7, 11) is 0. The molecule has 84 valence electrons. The third-order valence-corrected chi connectivity index (χ3v) is 3.11. The van der Waals surface area contributed by atoms with Crippen LogP contribution in [0.3, 0.4) is 0 Å². The molecule has 0 aliphatic carbocycles. The summed E-state index contributed by atoms with van der Waals surface area (Å²) >= 11 is 0. The maximum absolute atomic E-state index is 11.6. The lowest BCUT2D eigenvalue weighted by atomic mass is 9.92. The van der Waals surface area contributed by atoms with Crippen molar-refractivity contribution in [1.82, 2.24) is 0 Å². The van der Waals surface area contributed by atoms with Crippen molar-refractivity contribution in [3.8, 4) is 0 Å². The van der Waals surface area contributed by atoms with Crippen LogP contribution in [0.15, 0.2) is 0 Å². The molecule has 0 radical (unpaired) electrons. The Bertz CT molecular complexity index is 156.